The van der Waals surface area contributed by atoms with E-state index in [1.54, 1.807) is 13.8 Å². The van der Waals surface area contributed by atoms with Gasteiger partial charge in [-0.15, -0.1) is 0 Å². The summed E-state index contributed by atoms with van der Waals surface area (Å²) in [5, 5.41) is 3.82. The van der Waals surface area contributed by atoms with Crippen LogP contribution in [0.2, 0.25) is 0 Å². The molecule has 20 heavy (non-hydrogen) atoms. The predicted octanol–water partition coefficient (Wildman–Crippen LogP) is 1.69. The molecule has 3 saturated heterocycles. The van der Waals surface area contributed by atoms with Crippen LogP contribution in [0.4, 0.5) is 0 Å². The van der Waals surface area contributed by atoms with Crippen molar-refractivity contribution in [3.63, 3.8) is 0 Å². The van der Waals surface area contributed by atoms with Crippen LogP contribution in [0.3, 0.4) is 0 Å². The van der Waals surface area contributed by atoms with Crippen molar-refractivity contribution in [2.75, 3.05) is 6.61 Å². The van der Waals surface area contributed by atoms with Gasteiger partial charge in [0.2, 0.25) is 0 Å². The number of fused-ring (bicyclic) bond motifs is 1. The number of azide groups is 1. The Bertz CT molecular complexity index is 448. The molecular weight excluding hydrogens is 266 g/mol. The fourth-order valence-corrected chi connectivity index (χ4v) is 2.89. The summed E-state index contributed by atoms with van der Waals surface area (Å²) in [7, 11) is 0. The van der Waals surface area contributed by atoms with E-state index in [1.165, 1.54) is 0 Å². The number of nitrogens with zero attached hydrogens (tertiary/aromatic N) is 3. The molecule has 0 bridgehead atoms. The Morgan fingerprint density at radius 2 is 1.80 bits per heavy atom. The minimum atomic E-state index is -0.740. The molecule has 3 aliphatic heterocycles. The summed E-state index contributed by atoms with van der Waals surface area (Å²) in [4.78, 5) is 2.90. The first-order valence-corrected chi connectivity index (χ1v) is 6.68. The SMILES string of the molecule is CC1(C)OCC([C@@H]2O[C@H]3OC(C)(C)OC3[C@H]2N=[N+]=[N-])O1. The molecule has 0 aromatic heterocycles. The Morgan fingerprint density at radius 1 is 1.05 bits per heavy atom. The number of hydrogen-bond donors (Lipinski definition) is 0. The summed E-state index contributed by atoms with van der Waals surface area (Å²) in [6, 6.07) is -0.491. The van der Waals surface area contributed by atoms with Crippen LogP contribution in [0.5, 0.6) is 0 Å². The Kier molecular flexibility index (Phi) is 3.20. The molecule has 0 aromatic carbocycles. The fourth-order valence-electron chi connectivity index (χ4n) is 2.89. The van der Waals surface area contributed by atoms with E-state index in [2.05, 4.69) is 10.0 Å². The van der Waals surface area contributed by atoms with Crippen LogP contribution in [0.15, 0.2) is 5.11 Å². The van der Waals surface area contributed by atoms with Gasteiger partial charge in [-0.2, -0.15) is 0 Å². The Hall–Kier alpha value is -0.890. The van der Waals surface area contributed by atoms with Crippen molar-refractivity contribution in [3.8, 4) is 0 Å². The van der Waals surface area contributed by atoms with Crippen molar-refractivity contribution in [1.29, 1.82) is 0 Å². The van der Waals surface area contributed by atoms with Crippen LogP contribution in [0, 0.1) is 0 Å². The highest BCUT2D eigenvalue weighted by molar-refractivity contribution is 5.01. The van der Waals surface area contributed by atoms with Gasteiger partial charge < -0.3 is 23.7 Å². The molecule has 0 N–H and O–H groups in total. The molecule has 3 aliphatic rings. The van der Waals surface area contributed by atoms with Crippen LogP contribution in [-0.2, 0) is 23.7 Å². The zero-order chi connectivity index (χ0) is 14.5. The summed E-state index contributed by atoms with van der Waals surface area (Å²) in [5.41, 5.74) is 8.77. The second-order valence-corrected chi connectivity index (χ2v) is 6.13. The van der Waals surface area contributed by atoms with E-state index < -0.39 is 36.1 Å². The van der Waals surface area contributed by atoms with Crippen LogP contribution >= 0.6 is 0 Å². The van der Waals surface area contributed by atoms with Crippen LogP contribution < -0.4 is 0 Å². The lowest BCUT2D eigenvalue weighted by Crippen LogP contribution is -2.41. The van der Waals surface area contributed by atoms with Gasteiger partial charge >= 0.3 is 0 Å². The summed E-state index contributed by atoms with van der Waals surface area (Å²) in [6.45, 7) is 7.66. The highest BCUT2D eigenvalue weighted by atomic mass is 16.8. The molecule has 8 nitrogen and oxygen atoms in total. The standard InChI is InChI=1S/C12H19N3O5/c1-11(2)16-5-6(18-11)8-7(14-15-13)9-10(17-8)20-12(3,4)19-9/h6-10H,5H2,1-4H3/t6?,7-,8-,9?,10-/m0/s1. The summed E-state index contributed by atoms with van der Waals surface area (Å²) in [6.07, 6.45) is -1.70. The molecule has 0 saturated carbocycles. The van der Waals surface area contributed by atoms with E-state index in [1.807, 2.05) is 13.8 Å². The highest BCUT2D eigenvalue weighted by Gasteiger charge is 2.57. The minimum Gasteiger partial charge on any atom is -0.348 e. The highest BCUT2D eigenvalue weighted by Crippen LogP contribution is 2.41. The molecule has 8 heteroatoms. The molecule has 0 aliphatic carbocycles. The third-order valence-electron chi connectivity index (χ3n) is 3.63. The minimum absolute atomic E-state index is 0.304. The van der Waals surface area contributed by atoms with Crippen LogP contribution in [0.25, 0.3) is 10.4 Å². The third-order valence-corrected chi connectivity index (χ3v) is 3.63. The van der Waals surface area contributed by atoms with E-state index in [4.69, 9.17) is 29.2 Å². The predicted molar refractivity (Wildman–Crippen MR) is 66.5 cm³/mol. The summed E-state index contributed by atoms with van der Waals surface area (Å²) < 4.78 is 28.6. The van der Waals surface area contributed by atoms with Gasteiger partial charge in [0, 0.05) is 4.91 Å². The zero-order valence-electron chi connectivity index (χ0n) is 12.0. The summed E-state index contributed by atoms with van der Waals surface area (Å²) in [5.74, 6) is -1.40. The third kappa shape index (κ3) is 2.39. The molecule has 0 amide bonds. The van der Waals surface area contributed by atoms with Crippen molar-refractivity contribution in [1.82, 2.24) is 0 Å². The number of rotatable bonds is 2. The van der Waals surface area contributed by atoms with Crippen LogP contribution in [0.1, 0.15) is 27.7 Å². The van der Waals surface area contributed by atoms with E-state index >= 15 is 0 Å². The van der Waals surface area contributed by atoms with Gasteiger partial charge in [-0.3, -0.25) is 0 Å². The van der Waals surface area contributed by atoms with E-state index in [-0.39, 0.29) is 6.10 Å². The first kappa shape index (κ1) is 14.1. The van der Waals surface area contributed by atoms with Gasteiger partial charge in [0.15, 0.2) is 17.9 Å². The first-order chi connectivity index (χ1) is 9.31. The maximum absolute atomic E-state index is 8.77. The van der Waals surface area contributed by atoms with Gasteiger partial charge in [0.25, 0.3) is 0 Å². The normalized spacial score (nSPS) is 45.1. The first-order valence-electron chi connectivity index (χ1n) is 6.68. The molecule has 5 atom stereocenters. The maximum atomic E-state index is 8.77. The number of hydrogen-bond acceptors (Lipinski definition) is 6. The maximum Gasteiger partial charge on any atom is 0.188 e. The van der Waals surface area contributed by atoms with Gasteiger partial charge in [0.1, 0.15) is 18.3 Å². The van der Waals surface area contributed by atoms with Crippen molar-refractivity contribution in [2.45, 2.75) is 69.9 Å². The van der Waals surface area contributed by atoms with Gasteiger partial charge in [-0.25, -0.2) is 0 Å². The topological polar surface area (TPSA) is 94.9 Å². The van der Waals surface area contributed by atoms with Crippen LogP contribution in [-0.4, -0.2) is 48.8 Å². The van der Waals surface area contributed by atoms with Gasteiger partial charge in [-0.1, -0.05) is 5.11 Å². The molecule has 3 rings (SSSR count). The quantitative estimate of drug-likeness (QED) is 0.437. The van der Waals surface area contributed by atoms with Crippen molar-refractivity contribution >= 4 is 0 Å². The van der Waals surface area contributed by atoms with E-state index in [9.17, 15) is 0 Å². The molecular formula is C12H19N3O5. The monoisotopic (exact) mass is 285 g/mol. The van der Waals surface area contributed by atoms with Crippen molar-refractivity contribution in [3.05, 3.63) is 10.4 Å². The van der Waals surface area contributed by atoms with Gasteiger partial charge in [0.05, 0.1) is 12.6 Å². The molecule has 3 heterocycles. The lowest BCUT2D eigenvalue weighted by molar-refractivity contribution is -0.222. The van der Waals surface area contributed by atoms with E-state index in [0.29, 0.717) is 6.61 Å². The second-order valence-electron chi connectivity index (χ2n) is 6.13. The molecule has 0 aromatic rings. The smallest absolute Gasteiger partial charge is 0.188 e. The zero-order valence-corrected chi connectivity index (χ0v) is 12.0. The lowest BCUT2D eigenvalue weighted by atomic mass is 10.0. The summed E-state index contributed by atoms with van der Waals surface area (Å²) >= 11 is 0. The molecule has 0 spiro atoms. The lowest BCUT2D eigenvalue weighted by Gasteiger charge is -2.26. The van der Waals surface area contributed by atoms with Gasteiger partial charge in [-0.05, 0) is 33.2 Å². The average molecular weight is 285 g/mol. The molecule has 112 valence electrons. The molecule has 2 unspecified atom stereocenters. The largest absolute Gasteiger partial charge is 0.348 e. The van der Waals surface area contributed by atoms with Crippen molar-refractivity contribution < 1.29 is 23.7 Å². The average Bonchev–Trinajstić information content (AvgIpc) is 2.91. The second kappa shape index (κ2) is 4.56. The Balaban J connectivity index is 1.78. The molecule has 0 radical (unpaired) electrons. The molecule has 3 fully saturated rings. The number of ether oxygens (including phenoxy) is 5. The Labute approximate surface area is 116 Å². The van der Waals surface area contributed by atoms with Crippen molar-refractivity contribution in [2.24, 2.45) is 5.11 Å². The fraction of sp³-hybridized carbons (Fsp3) is 1.00. The van der Waals surface area contributed by atoms with E-state index in [0.717, 1.165) is 0 Å². The Morgan fingerprint density at radius 3 is 2.40 bits per heavy atom.